The first-order valence-corrected chi connectivity index (χ1v) is 7.00. The third-order valence-corrected chi connectivity index (χ3v) is 3.74. The molecule has 3 N–H and O–H groups in total. The summed E-state index contributed by atoms with van der Waals surface area (Å²) in [7, 11) is 0. The fourth-order valence-corrected chi connectivity index (χ4v) is 2.61. The van der Waals surface area contributed by atoms with Crippen molar-refractivity contribution in [3.05, 3.63) is 60.3 Å². The molecule has 2 aromatic heterocycles. The first kappa shape index (κ1) is 13.3. The van der Waals surface area contributed by atoms with Crippen LogP contribution in [0.1, 0.15) is 10.4 Å². The van der Waals surface area contributed by atoms with Crippen molar-refractivity contribution in [3.63, 3.8) is 0 Å². The van der Waals surface area contributed by atoms with E-state index < -0.39 is 5.97 Å². The molecule has 2 aromatic carbocycles. The first-order chi connectivity index (χ1) is 11.1. The van der Waals surface area contributed by atoms with Crippen LogP contribution >= 0.6 is 0 Å². The topological polar surface area (TPSA) is 93.5 Å². The zero-order valence-corrected chi connectivity index (χ0v) is 12.0. The molecule has 0 saturated heterocycles. The van der Waals surface area contributed by atoms with Gasteiger partial charge in [-0.3, -0.25) is 4.40 Å². The van der Waals surface area contributed by atoms with Crippen molar-refractivity contribution in [2.45, 2.75) is 0 Å². The van der Waals surface area contributed by atoms with Crippen molar-refractivity contribution in [3.8, 4) is 11.3 Å². The quantitative estimate of drug-likeness (QED) is 0.594. The molecule has 2 heterocycles. The van der Waals surface area contributed by atoms with E-state index in [0.717, 1.165) is 16.6 Å². The highest BCUT2D eigenvalue weighted by atomic mass is 16.4. The van der Waals surface area contributed by atoms with Crippen LogP contribution in [0.3, 0.4) is 0 Å². The first-order valence-electron chi connectivity index (χ1n) is 7.00. The van der Waals surface area contributed by atoms with Gasteiger partial charge in [0.15, 0.2) is 11.5 Å². The van der Waals surface area contributed by atoms with Gasteiger partial charge in [0.25, 0.3) is 0 Å². The Morgan fingerprint density at radius 1 is 1.04 bits per heavy atom. The maximum Gasteiger partial charge on any atom is 0.335 e. The van der Waals surface area contributed by atoms with Crippen molar-refractivity contribution in [1.29, 1.82) is 0 Å². The minimum atomic E-state index is -0.953. The summed E-state index contributed by atoms with van der Waals surface area (Å²) in [6.07, 6.45) is 1.88. The molecule has 0 bridgehead atoms. The Morgan fingerprint density at radius 3 is 2.52 bits per heavy atom. The highest BCUT2D eigenvalue weighted by Gasteiger charge is 2.11. The average Bonchev–Trinajstić information content (AvgIpc) is 3.01. The van der Waals surface area contributed by atoms with E-state index in [1.165, 1.54) is 0 Å². The van der Waals surface area contributed by atoms with Crippen LogP contribution in [0.4, 0.5) is 5.82 Å². The van der Waals surface area contributed by atoms with Gasteiger partial charge in [-0.15, -0.1) is 0 Å². The van der Waals surface area contributed by atoms with E-state index in [1.54, 1.807) is 24.3 Å². The van der Waals surface area contributed by atoms with Crippen molar-refractivity contribution in [2.75, 3.05) is 5.73 Å². The molecule has 4 aromatic rings. The lowest BCUT2D eigenvalue weighted by molar-refractivity contribution is 0.0697. The summed E-state index contributed by atoms with van der Waals surface area (Å²) in [5.74, 6) is -0.594. The molecule has 0 aliphatic carbocycles. The molecule has 0 amide bonds. The molecule has 0 aliphatic rings. The van der Waals surface area contributed by atoms with Crippen LogP contribution < -0.4 is 5.73 Å². The molecule has 0 saturated carbocycles. The van der Waals surface area contributed by atoms with E-state index in [-0.39, 0.29) is 5.56 Å². The molecule has 23 heavy (non-hydrogen) atoms. The Labute approximate surface area is 130 Å². The van der Waals surface area contributed by atoms with Crippen molar-refractivity contribution >= 4 is 28.5 Å². The summed E-state index contributed by atoms with van der Waals surface area (Å²) in [4.78, 5) is 19.8. The molecule has 0 aliphatic heterocycles. The third kappa shape index (κ3) is 2.08. The smallest absolute Gasteiger partial charge is 0.335 e. The largest absolute Gasteiger partial charge is 0.478 e. The maximum absolute atomic E-state index is 10.9. The number of aromatic nitrogens is 3. The van der Waals surface area contributed by atoms with Crippen LogP contribution in [0.15, 0.2) is 54.7 Å². The Morgan fingerprint density at radius 2 is 1.78 bits per heavy atom. The predicted molar refractivity (Wildman–Crippen MR) is 87.3 cm³/mol. The van der Waals surface area contributed by atoms with E-state index in [4.69, 9.17) is 10.8 Å². The lowest BCUT2D eigenvalue weighted by Gasteiger charge is -2.02. The number of aromatic carboxylic acids is 1. The molecule has 6 heteroatoms. The van der Waals surface area contributed by atoms with E-state index in [9.17, 15) is 4.79 Å². The number of nitrogens with zero attached hydrogens (tertiary/aromatic N) is 3. The normalized spacial score (nSPS) is 11.1. The number of hydrogen-bond donors (Lipinski definition) is 2. The molecule has 0 unspecified atom stereocenters. The van der Waals surface area contributed by atoms with Gasteiger partial charge in [0.2, 0.25) is 0 Å². The summed E-state index contributed by atoms with van der Waals surface area (Å²) in [6, 6.07) is 14.3. The van der Waals surface area contributed by atoms with Gasteiger partial charge in [0.05, 0.1) is 22.3 Å². The number of benzene rings is 2. The third-order valence-electron chi connectivity index (χ3n) is 3.74. The Balaban J connectivity index is 1.93. The zero-order valence-electron chi connectivity index (χ0n) is 12.0. The van der Waals surface area contributed by atoms with Gasteiger partial charge in [-0.2, -0.15) is 0 Å². The van der Waals surface area contributed by atoms with E-state index in [2.05, 4.69) is 9.97 Å². The summed E-state index contributed by atoms with van der Waals surface area (Å²) in [5.41, 5.74) is 10.1. The second-order valence-electron chi connectivity index (χ2n) is 5.19. The zero-order chi connectivity index (χ0) is 16.0. The molecule has 0 fully saturated rings. The number of nitrogen functional groups attached to an aromatic ring is 1. The number of rotatable bonds is 2. The predicted octanol–water partition coefficient (Wildman–Crippen LogP) is 2.83. The van der Waals surface area contributed by atoms with Crippen LogP contribution in [0.25, 0.3) is 27.9 Å². The van der Waals surface area contributed by atoms with Crippen molar-refractivity contribution in [1.82, 2.24) is 14.4 Å². The number of hydrogen-bond acceptors (Lipinski definition) is 4. The van der Waals surface area contributed by atoms with Crippen LogP contribution in [0.5, 0.6) is 0 Å². The number of fused-ring (bicyclic) bond motifs is 3. The average molecular weight is 304 g/mol. The molecule has 0 radical (unpaired) electrons. The summed E-state index contributed by atoms with van der Waals surface area (Å²) in [6.45, 7) is 0. The molecule has 112 valence electrons. The number of anilines is 1. The standard InChI is InChI=1S/C17H12N4O2/c18-15-16-20-13(10-5-7-11(8-6-10)17(22)23)9-21(16)14-4-2-1-3-12(14)19-15/h1-9H,(H2,18,19)(H,22,23). The maximum atomic E-state index is 10.9. The summed E-state index contributed by atoms with van der Waals surface area (Å²) in [5, 5.41) is 8.97. The fraction of sp³-hybridized carbons (Fsp3) is 0. The summed E-state index contributed by atoms with van der Waals surface area (Å²) < 4.78 is 1.90. The molecular formula is C17H12N4O2. The SMILES string of the molecule is Nc1nc2ccccc2n2cc(-c3ccc(C(=O)O)cc3)nc12. The number of para-hydroxylation sites is 2. The van der Waals surface area contributed by atoms with E-state index in [1.807, 2.05) is 34.9 Å². The van der Waals surface area contributed by atoms with Crippen LogP contribution in [0, 0.1) is 0 Å². The number of carboxylic acid groups (broad SMARTS) is 1. The van der Waals surface area contributed by atoms with Crippen LogP contribution in [-0.2, 0) is 0 Å². The number of nitrogens with two attached hydrogens (primary N) is 1. The van der Waals surface area contributed by atoms with Gasteiger partial charge >= 0.3 is 5.97 Å². The molecule has 0 spiro atoms. The van der Waals surface area contributed by atoms with Crippen LogP contribution in [0.2, 0.25) is 0 Å². The minimum absolute atomic E-state index is 0.240. The van der Waals surface area contributed by atoms with Gasteiger partial charge in [-0.05, 0) is 24.3 Å². The van der Waals surface area contributed by atoms with E-state index >= 15 is 0 Å². The van der Waals surface area contributed by atoms with Crippen molar-refractivity contribution < 1.29 is 9.90 Å². The second kappa shape index (κ2) is 4.81. The number of carbonyl (C=O) groups is 1. The van der Waals surface area contributed by atoms with Gasteiger partial charge in [-0.25, -0.2) is 14.8 Å². The van der Waals surface area contributed by atoms with E-state index in [0.29, 0.717) is 17.2 Å². The molecular weight excluding hydrogens is 292 g/mol. The van der Waals surface area contributed by atoms with Gasteiger partial charge in [0.1, 0.15) is 0 Å². The number of carboxylic acids is 1. The fourth-order valence-electron chi connectivity index (χ4n) is 2.61. The monoisotopic (exact) mass is 304 g/mol. The van der Waals surface area contributed by atoms with Crippen molar-refractivity contribution in [2.24, 2.45) is 0 Å². The van der Waals surface area contributed by atoms with Gasteiger partial charge in [0, 0.05) is 11.8 Å². The molecule has 6 nitrogen and oxygen atoms in total. The van der Waals surface area contributed by atoms with Gasteiger partial charge < -0.3 is 10.8 Å². The van der Waals surface area contributed by atoms with Gasteiger partial charge in [-0.1, -0.05) is 24.3 Å². The minimum Gasteiger partial charge on any atom is -0.478 e. The Hall–Kier alpha value is -3.41. The lowest BCUT2D eigenvalue weighted by atomic mass is 10.1. The summed E-state index contributed by atoms with van der Waals surface area (Å²) >= 11 is 0. The second-order valence-corrected chi connectivity index (χ2v) is 5.19. The lowest BCUT2D eigenvalue weighted by Crippen LogP contribution is -1.97. The number of imidazole rings is 1. The highest BCUT2D eigenvalue weighted by Crippen LogP contribution is 2.25. The Bertz CT molecular complexity index is 1050. The Kier molecular flexibility index (Phi) is 2.77. The highest BCUT2D eigenvalue weighted by molar-refractivity contribution is 5.88. The van der Waals surface area contributed by atoms with Crippen LogP contribution in [-0.4, -0.2) is 25.4 Å². The molecule has 0 atom stereocenters. The molecule has 4 rings (SSSR count).